The third-order valence-electron chi connectivity index (χ3n) is 2.78. The molecule has 0 N–H and O–H groups in total. The Labute approximate surface area is 80.2 Å². The van der Waals surface area contributed by atoms with Crippen molar-refractivity contribution in [2.24, 2.45) is 0 Å². The molecule has 0 saturated heterocycles. The third kappa shape index (κ3) is 1.27. The lowest BCUT2D eigenvalue weighted by Gasteiger charge is -2.21. The zero-order valence-electron chi connectivity index (χ0n) is 9.15. The first-order chi connectivity index (χ1) is 5.91. The summed E-state index contributed by atoms with van der Waals surface area (Å²) in [5.41, 5.74) is 7.26. The molecule has 1 heterocycles. The van der Waals surface area contributed by atoms with E-state index in [-0.39, 0.29) is 5.41 Å². The quantitative estimate of drug-likeness (QED) is 0.600. The van der Waals surface area contributed by atoms with Gasteiger partial charge in [0.15, 0.2) is 0 Å². The number of aryl methyl sites for hydroxylation is 2. The molecule has 0 fully saturated rings. The van der Waals surface area contributed by atoms with Crippen LogP contribution in [0.5, 0.6) is 0 Å². The van der Waals surface area contributed by atoms with Crippen LogP contribution < -0.4 is 0 Å². The topological polar surface area (TPSA) is 12.9 Å². The van der Waals surface area contributed by atoms with Crippen LogP contribution in [0.15, 0.2) is 0 Å². The molecule has 1 aliphatic rings. The fourth-order valence-corrected chi connectivity index (χ4v) is 2.31. The van der Waals surface area contributed by atoms with Crippen LogP contribution in [0.25, 0.3) is 0 Å². The molecule has 1 nitrogen and oxygen atoms in total. The Morgan fingerprint density at radius 3 is 2.15 bits per heavy atom. The Hall–Kier alpha value is -0.850. The Balaban J connectivity index is 2.63. The SMILES string of the molecule is Cc1nc(C)c(C(C)(C)C)c2c1C2. The zero-order chi connectivity index (χ0) is 9.80. The van der Waals surface area contributed by atoms with E-state index in [4.69, 9.17) is 0 Å². The van der Waals surface area contributed by atoms with Crippen molar-refractivity contribution in [2.75, 3.05) is 0 Å². The van der Waals surface area contributed by atoms with E-state index >= 15 is 0 Å². The Kier molecular flexibility index (Phi) is 1.57. The molecule has 0 amide bonds. The van der Waals surface area contributed by atoms with Crippen molar-refractivity contribution in [3.05, 3.63) is 28.1 Å². The van der Waals surface area contributed by atoms with Gasteiger partial charge in [0.2, 0.25) is 0 Å². The second kappa shape index (κ2) is 2.34. The zero-order valence-corrected chi connectivity index (χ0v) is 9.15. The first-order valence-electron chi connectivity index (χ1n) is 4.90. The molecule has 70 valence electrons. The lowest BCUT2D eigenvalue weighted by molar-refractivity contribution is 0.581. The molecule has 2 rings (SSSR count). The van der Waals surface area contributed by atoms with Crippen LogP contribution in [0, 0.1) is 13.8 Å². The van der Waals surface area contributed by atoms with Crippen LogP contribution >= 0.6 is 0 Å². The molecule has 0 atom stereocenters. The predicted octanol–water partition coefficient (Wildman–Crippen LogP) is 2.90. The highest BCUT2D eigenvalue weighted by Gasteiger charge is 2.31. The summed E-state index contributed by atoms with van der Waals surface area (Å²) < 4.78 is 0. The van der Waals surface area contributed by atoms with Crippen molar-refractivity contribution in [3.8, 4) is 0 Å². The van der Waals surface area contributed by atoms with Gasteiger partial charge in [0.25, 0.3) is 0 Å². The summed E-state index contributed by atoms with van der Waals surface area (Å²) in [5.74, 6) is 0. The first-order valence-corrected chi connectivity index (χ1v) is 4.90. The van der Waals surface area contributed by atoms with Crippen molar-refractivity contribution < 1.29 is 0 Å². The molecule has 1 heteroatoms. The Morgan fingerprint density at radius 1 is 1.00 bits per heavy atom. The summed E-state index contributed by atoms with van der Waals surface area (Å²) in [7, 11) is 0. The average molecular weight is 175 g/mol. The molecule has 0 spiro atoms. The van der Waals surface area contributed by atoms with E-state index in [0.717, 1.165) is 0 Å². The van der Waals surface area contributed by atoms with Crippen LogP contribution in [0.3, 0.4) is 0 Å². The Bertz CT molecular complexity index is 366. The summed E-state index contributed by atoms with van der Waals surface area (Å²) in [6, 6.07) is 0. The Morgan fingerprint density at radius 2 is 1.62 bits per heavy atom. The fraction of sp³-hybridized carbons (Fsp3) is 0.583. The number of hydrogen-bond acceptors (Lipinski definition) is 1. The average Bonchev–Trinajstić information content (AvgIpc) is 2.62. The van der Waals surface area contributed by atoms with Gasteiger partial charge < -0.3 is 0 Å². The van der Waals surface area contributed by atoms with Gasteiger partial charge >= 0.3 is 0 Å². The summed E-state index contributed by atoms with van der Waals surface area (Å²) in [5, 5.41) is 0. The van der Waals surface area contributed by atoms with Crippen LogP contribution in [0.2, 0.25) is 0 Å². The number of aromatic nitrogens is 1. The smallest absolute Gasteiger partial charge is 0.0416 e. The van der Waals surface area contributed by atoms with E-state index in [2.05, 4.69) is 39.6 Å². The molecular formula is C12H17N. The molecule has 0 aromatic carbocycles. The highest BCUT2D eigenvalue weighted by atomic mass is 14.7. The highest BCUT2D eigenvalue weighted by Crippen LogP contribution is 2.40. The third-order valence-corrected chi connectivity index (χ3v) is 2.78. The molecule has 0 bridgehead atoms. The van der Waals surface area contributed by atoms with Crippen LogP contribution in [0.1, 0.15) is 48.8 Å². The second-order valence-corrected chi connectivity index (χ2v) is 5.04. The van der Waals surface area contributed by atoms with E-state index in [9.17, 15) is 0 Å². The van der Waals surface area contributed by atoms with Crippen molar-refractivity contribution in [1.82, 2.24) is 4.98 Å². The summed E-state index contributed by atoms with van der Waals surface area (Å²) in [6.07, 6.45) is 1.18. The van der Waals surface area contributed by atoms with Gasteiger partial charge in [-0.25, -0.2) is 0 Å². The molecule has 0 aliphatic heterocycles. The number of hydrogen-bond donors (Lipinski definition) is 0. The first kappa shape index (κ1) is 8.74. The van der Waals surface area contributed by atoms with Gasteiger partial charge in [-0.2, -0.15) is 0 Å². The van der Waals surface area contributed by atoms with Crippen molar-refractivity contribution in [2.45, 2.75) is 46.5 Å². The van der Waals surface area contributed by atoms with Crippen LogP contribution in [0.4, 0.5) is 0 Å². The highest BCUT2D eigenvalue weighted by molar-refractivity contribution is 5.56. The summed E-state index contributed by atoms with van der Waals surface area (Å²) in [4.78, 5) is 4.59. The number of rotatable bonds is 0. The van der Waals surface area contributed by atoms with Gasteiger partial charge in [0.05, 0.1) is 0 Å². The van der Waals surface area contributed by atoms with Gasteiger partial charge in [-0.05, 0) is 36.0 Å². The van der Waals surface area contributed by atoms with Gasteiger partial charge in [-0.15, -0.1) is 0 Å². The van der Waals surface area contributed by atoms with Crippen molar-refractivity contribution >= 4 is 0 Å². The number of fused-ring (bicyclic) bond motifs is 1. The molecule has 1 aromatic rings. The maximum absolute atomic E-state index is 4.59. The molecule has 1 aliphatic carbocycles. The minimum Gasteiger partial charge on any atom is -0.258 e. The van der Waals surface area contributed by atoms with Crippen molar-refractivity contribution in [1.29, 1.82) is 0 Å². The monoisotopic (exact) mass is 175 g/mol. The van der Waals surface area contributed by atoms with Gasteiger partial charge in [-0.3, -0.25) is 4.98 Å². The number of pyridine rings is 1. The lowest BCUT2D eigenvalue weighted by atomic mass is 9.85. The molecule has 13 heavy (non-hydrogen) atoms. The standard InChI is InChI=1S/C12H17N/c1-7-9-6-10(9)11(8(2)13-7)12(3,4)5/h6H2,1-5H3. The number of nitrogens with zero attached hydrogens (tertiary/aromatic N) is 1. The fourth-order valence-electron chi connectivity index (χ4n) is 2.31. The molecular weight excluding hydrogens is 158 g/mol. The predicted molar refractivity (Wildman–Crippen MR) is 55.2 cm³/mol. The van der Waals surface area contributed by atoms with Gasteiger partial charge in [0.1, 0.15) is 0 Å². The normalized spacial score (nSPS) is 14.2. The van der Waals surface area contributed by atoms with Crippen LogP contribution in [-0.4, -0.2) is 4.98 Å². The second-order valence-electron chi connectivity index (χ2n) is 5.04. The summed E-state index contributed by atoms with van der Waals surface area (Å²) >= 11 is 0. The minimum absolute atomic E-state index is 0.255. The molecule has 1 aromatic heterocycles. The molecule has 0 unspecified atom stereocenters. The molecule has 0 radical (unpaired) electrons. The van der Waals surface area contributed by atoms with E-state index in [1.54, 1.807) is 5.56 Å². The van der Waals surface area contributed by atoms with Gasteiger partial charge in [0, 0.05) is 17.8 Å². The van der Waals surface area contributed by atoms with E-state index in [0.29, 0.717) is 0 Å². The molecule has 0 saturated carbocycles. The maximum Gasteiger partial charge on any atom is 0.0416 e. The van der Waals surface area contributed by atoms with Crippen molar-refractivity contribution in [3.63, 3.8) is 0 Å². The van der Waals surface area contributed by atoms with E-state index in [1.165, 1.54) is 28.9 Å². The van der Waals surface area contributed by atoms with Gasteiger partial charge in [-0.1, -0.05) is 20.8 Å². The maximum atomic E-state index is 4.59. The van der Waals surface area contributed by atoms with E-state index < -0.39 is 0 Å². The summed E-state index contributed by atoms with van der Waals surface area (Å²) in [6.45, 7) is 11.1. The largest absolute Gasteiger partial charge is 0.258 e. The minimum atomic E-state index is 0.255. The van der Waals surface area contributed by atoms with Crippen LogP contribution in [-0.2, 0) is 11.8 Å². The van der Waals surface area contributed by atoms with E-state index in [1.807, 2.05) is 0 Å². The lowest BCUT2D eigenvalue weighted by Crippen LogP contribution is -2.14.